The highest BCUT2D eigenvalue weighted by Crippen LogP contribution is 2.24. The lowest BCUT2D eigenvalue weighted by Gasteiger charge is -2.23. The molecule has 0 atom stereocenters. The number of nitrogens with zero attached hydrogens (tertiary/aromatic N) is 6. The van der Waals surface area contributed by atoms with Crippen LogP contribution in [-0.2, 0) is 26.7 Å². The molecule has 4 aromatic rings. The first-order valence-electron chi connectivity index (χ1n) is 10.7. The Hall–Kier alpha value is -3.14. The van der Waals surface area contributed by atoms with Crippen molar-refractivity contribution in [2.75, 3.05) is 14.1 Å². The van der Waals surface area contributed by atoms with Gasteiger partial charge < -0.3 is 14.8 Å². The molecule has 0 saturated carbocycles. The van der Waals surface area contributed by atoms with Gasteiger partial charge in [-0.3, -0.25) is 4.99 Å². The first kappa shape index (κ1) is 24.5. The van der Waals surface area contributed by atoms with Crippen LogP contribution in [0.15, 0.2) is 84.5 Å². The maximum Gasteiger partial charge on any atom is 0.194 e. The minimum absolute atomic E-state index is 0. The van der Waals surface area contributed by atoms with Crippen molar-refractivity contribution in [2.24, 2.45) is 12.0 Å². The van der Waals surface area contributed by atoms with Gasteiger partial charge in [0.05, 0.1) is 13.1 Å². The summed E-state index contributed by atoms with van der Waals surface area (Å²) in [4.78, 5) is 10.6. The van der Waals surface area contributed by atoms with Crippen molar-refractivity contribution in [3.63, 3.8) is 0 Å². The summed E-state index contributed by atoms with van der Waals surface area (Å²) in [5.41, 5.74) is 6.06. The summed E-state index contributed by atoms with van der Waals surface area (Å²) in [5.74, 6) is 0.865. The largest absolute Gasteiger partial charge is 0.353 e. The third kappa shape index (κ3) is 6.22. The molecule has 2 aromatic carbocycles. The van der Waals surface area contributed by atoms with Crippen LogP contribution in [0.1, 0.15) is 16.8 Å². The van der Waals surface area contributed by atoms with Crippen LogP contribution in [0.5, 0.6) is 0 Å². The second-order valence-corrected chi connectivity index (χ2v) is 7.81. The zero-order valence-corrected chi connectivity index (χ0v) is 21.5. The highest BCUT2D eigenvalue weighted by Gasteiger charge is 2.10. The zero-order valence-electron chi connectivity index (χ0n) is 19.2. The molecule has 0 aliphatic rings. The second-order valence-electron chi connectivity index (χ2n) is 7.81. The fourth-order valence-electron chi connectivity index (χ4n) is 3.78. The van der Waals surface area contributed by atoms with Gasteiger partial charge in [0.1, 0.15) is 12.7 Å². The van der Waals surface area contributed by atoms with E-state index < -0.39 is 0 Å². The normalized spacial score (nSPS) is 11.2. The van der Waals surface area contributed by atoms with Gasteiger partial charge in [0, 0.05) is 39.6 Å². The van der Waals surface area contributed by atoms with E-state index in [2.05, 4.69) is 111 Å². The topological polar surface area (TPSA) is 63.3 Å². The summed E-state index contributed by atoms with van der Waals surface area (Å²) in [7, 11) is 5.94. The summed E-state index contributed by atoms with van der Waals surface area (Å²) in [6.07, 6.45) is 5.35. The van der Waals surface area contributed by atoms with Gasteiger partial charge in [0.25, 0.3) is 0 Å². The van der Waals surface area contributed by atoms with Gasteiger partial charge in [0.2, 0.25) is 0 Å². The van der Waals surface area contributed by atoms with Crippen LogP contribution < -0.4 is 5.32 Å². The molecular weight excluding hydrogens is 525 g/mol. The molecule has 0 unspecified atom stereocenters. The van der Waals surface area contributed by atoms with Gasteiger partial charge >= 0.3 is 0 Å². The fourth-order valence-corrected chi connectivity index (χ4v) is 3.78. The van der Waals surface area contributed by atoms with E-state index in [-0.39, 0.29) is 24.0 Å². The summed E-state index contributed by atoms with van der Waals surface area (Å²) in [6.45, 7) is 2.20. The number of nitrogens with one attached hydrogen (secondary N) is 1. The van der Waals surface area contributed by atoms with Gasteiger partial charge in [-0.05, 0) is 34.4 Å². The lowest BCUT2D eigenvalue weighted by Crippen LogP contribution is -2.38. The van der Waals surface area contributed by atoms with Crippen LogP contribution in [0.3, 0.4) is 0 Å². The molecule has 0 radical (unpaired) electrons. The molecule has 8 heteroatoms. The Morgan fingerprint density at radius 2 is 1.85 bits per heavy atom. The van der Waals surface area contributed by atoms with Gasteiger partial charge in [-0.25, -0.2) is 9.67 Å². The number of hydrogen-bond donors (Lipinski definition) is 1. The van der Waals surface area contributed by atoms with Crippen molar-refractivity contribution < 1.29 is 0 Å². The molecular formula is C25H30IN7. The van der Waals surface area contributed by atoms with E-state index in [1.807, 2.05) is 11.7 Å². The molecule has 0 fully saturated rings. The van der Waals surface area contributed by atoms with Crippen LogP contribution in [0.4, 0.5) is 0 Å². The van der Waals surface area contributed by atoms with Crippen LogP contribution in [0.25, 0.3) is 11.1 Å². The molecule has 2 aromatic heterocycles. The first-order valence-corrected chi connectivity index (χ1v) is 10.7. The lowest BCUT2D eigenvalue weighted by molar-refractivity contribution is 0.462. The number of aromatic nitrogens is 4. The van der Waals surface area contributed by atoms with E-state index in [1.165, 1.54) is 27.9 Å². The molecule has 0 spiro atoms. The van der Waals surface area contributed by atoms with E-state index in [0.717, 1.165) is 12.5 Å². The number of aliphatic imine (C=N–C) groups is 1. The number of benzene rings is 2. The van der Waals surface area contributed by atoms with E-state index in [1.54, 1.807) is 12.7 Å². The van der Waals surface area contributed by atoms with Crippen molar-refractivity contribution in [3.8, 4) is 11.1 Å². The smallest absolute Gasteiger partial charge is 0.194 e. The van der Waals surface area contributed by atoms with E-state index in [4.69, 9.17) is 0 Å². The number of aryl methyl sites for hydroxylation is 1. The molecule has 4 rings (SSSR count). The van der Waals surface area contributed by atoms with Crippen LogP contribution in [0.2, 0.25) is 0 Å². The van der Waals surface area contributed by atoms with Gasteiger partial charge in [-0.2, -0.15) is 5.10 Å². The third-order valence-electron chi connectivity index (χ3n) is 5.55. The Morgan fingerprint density at radius 1 is 1.06 bits per heavy atom. The second kappa shape index (κ2) is 11.6. The summed E-state index contributed by atoms with van der Waals surface area (Å²) in [5, 5.41) is 7.69. The number of hydrogen-bond acceptors (Lipinski definition) is 3. The molecule has 0 amide bonds. The molecule has 0 aliphatic carbocycles. The Balaban J connectivity index is 0.00000306. The van der Waals surface area contributed by atoms with Crippen molar-refractivity contribution in [2.45, 2.75) is 19.6 Å². The highest BCUT2D eigenvalue weighted by atomic mass is 127. The Kier molecular flexibility index (Phi) is 8.65. The van der Waals surface area contributed by atoms with E-state index >= 15 is 0 Å². The SMILES string of the molecule is CN=C(NCc1ccccc1-c1ccc(Cn2cncn2)cc1)N(C)Cc1cccn1C.I. The first-order chi connectivity index (χ1) is 15.6. The molecule has 1 N–H and O–H groups in total. The highest BCUT2D eigenvalue weighted by molar-refractivity contribution is 14.0. The van der Waals surface area contributed by atoms with Crippen LogP contribution in [0, 0.1) is 0 Å². The number of halogens is 1. The van der Waals surface area contributed by atoms with Crippen LogP contribution in [-0.4, -0.2) is 44.3 Å². The van der Waals surface area contributed by atoms with Gasteiger partial charge in [0.15, 0.2) is 5.96 Å². The predicted molar refractivity (Wildman–Crippen MR) is 143 cm³/mol. The molecule has 7 nitrogen and oxygen atoms in total. The summed E-state index contributed by atoms with van der Waals surface area (Å²) < 4.78 is 3.95. The molecule has 0 saturated heterocycles. The van der Waals surface area contributed by atoms with Crippen molar-refractivity contribution >= 4 is 29.9 Å². The average Bonchev–Trinajstić information content (AvgIpc) is 3.47. The fraction of sp³-hybridized carbons (Fsp3) is 0.240. The van der Waals surface area contributed by atoms with Crippen molar-refractivity contribution in [1.82, 2.24) is 29.5 Å². The molecule has 33 heavy (non-hydrogen) atoms. The minimum atomic E-state index is 0. The molecule has 172 valence electrons. The standard InChI is InChI=1S/C25H29N7.HI/c1-26-25(31(3)17-23-8-6-14-30(23)2)28-15-22-7-4-5-9-24(22)21-12-10-20(11-13-21)16-32-19-27-18-29-32;/h4-14,18-19H,15-17H2,1-3H3,(H,26,28);1H. The average molecular weight is 555 g/mol. The van der Waals surface area contributed by atoms with Gasteiger partial charge in [-0.15, -0.1) is 24.0 Å². The lowest BCUT2D eigenvalue weighted by atomic mass is 9.98. The molecule has 2 heterocycles. The maximum atomic E-state index is 4.47. The number of rotatable bonds is 7. The molecule has 0 bridgehead atoms. The minimum Gasteiger partial charge on any atom is -0.353 e. The van der Waals surface area contributed by atoms with Gasteiger partial charge in [-0.1, -0.05) is 48.5 Å². The summed E-state index contributed by atoms with van der Waals surface area (Å²) in [6, 6.07) is 21.3. The Bertz CT molecular complexity index is 1160. The maximum absolute atomic E-state index is 4.47. The third-order valence-corrected chi connectivity index (χ3v) is 5.55. The monoisotopic (exact) mass is 555 g/mol. The Labute approximate surface area is 212 Å². The predicted octanol–water partition coefficient (Wildman–Crippen LogP) is 4.16. The number of guanidine groups is 1. The zero-order chi connectivity index (χ0) is 22.3. The van der Waals surface area contributed by atoms with Crippen LogP contribution >= 0.6 is 24.0 Å². The van der Waals surface area contributed by atoms with Crippen molar-refractivity contribution in [1.29, 1.82) is 0 Å². The van der Waals surface area contributed by atoms with Crippen molar-refractivity contribution in [3.05, 3.63) is 96.3 Å². The van der Waals surface area contributed by atoms with E-state index in [0.29, 0.717) is 13.1 Å². The van der Waals surface area contributed by atoms with E-state index in [9.17, 15) is 0 Å². The summed E-state index contributed by atoms with van der Waals surface area (Å²) >= 11 is 0. The molecule has 0 aliphatic heterocycles. The quantitative estimate of drug-likeness (QED) is 0.212. The Morgan fingerprint density at radius 3 is 2.52 bits per heavy atom.